The van der Waals surface area contributed by atoms with Gasteiger partial charge in [-0.15, -0.1) is 0 Å². The lowest BCUT2D eigenvalue weighted by atomic mass is 9.97. The maximum absolute atomic E-state index is 9.33. The molecule has 2 N–H and O–H groups in total. The highest BCUT2D eigenvalue weighted by Gasteiger charge is 2.08. The van der Waals surface area contributed by atoms with Crippen LogP contribution >= 0.6 is 0 Å². The minimum atomic E-state index is -0.624. The largest absolute Gasteiger partial charge is 0.497 e. The molecule has 0 aliphatic rings. The van der Waals surface area contributed by atoms with Crippen LogP contribution in [0.15, 0.2) is 12.1 Å². The molecule has 1 aromatic carbocycles. The van der Waals surface area contributed by atoms with E-state index in [1.165, 1.54) is 16.7 Å². The third-order valence-corrected chi connectivity index (χ3v) is 2.84. The Bertz CT molecular complexity index is 324. The first kappa shape index (κ1) is 13.0. The molecular weight excluding hydrogens is 204 g/mol. The molecule has 1 rings (SSSR count). The van der Waals surface area contributed by atoms with Crippen molar-refractivity contribution in [3.8, 4) is 5.75 Å². The summed E-state index contributed by atoms with van der Waals surface area (Å²) in [5, 5.41) is 18.1. The first-order valence-corrected chi connectivity index (χ1v) is 5.51. The summed E-state index contributed by atoms with van der Waals surface area (Å²) in [5.74, 6) is 0.862. The van der Waals surface area contributed by atoms with E-state index < -0.39 is 6.10 Å². The Morgan fingerprint density at radius 1 is 1.25 bits per heavy atom. The quantitative estimate of drug-likeness (QED) is 0.798. The summed E-state index contributed by atoms with van der Waals surface area (Å²) in [6.45, 7) is 3.90. The lowest BCUT2D eigenvalue weighted by molar-refractivity contribution is 0.0885. The molecule has 16 heavy (non-hydrogen) atoms. The SMILES string of the molecule is COc1cc(C)c(CCC(O)CO)c(C)c1. The summed E-state index contributed by atoms with van der Waals surface area (Å²) >= 11 is 0. The van der Waals surface area contributed by atoms with Gasteiger partial charge in [0.25, 0.3) is 0 Å². The molecule has 0 radical (unpaired) electrons. The monoisotopic (exact) mass is 224 g/mol. The van der Waals surface area contributed by atoms with Crippen molar-refractivity contribution < 1.29 is 14.9 Å². The van der Waals surface area contributed by atoms with Crippen LogP contribution in [0, 0.1) is 13.8 Å². The third kappa shape index (κ3) is 3.22. The molecule has 0 saturated carbocycles. The number of hydrogen-bond donors (Lipinski definition) is 2. The van der Waals surface area contributed by atoms with Crippen molar-refractivity contribution in [3.63, 3.8) is 0 Å². The Balaban J connectivity index is 2.80. The Morgan fingerprint density at radius 3 is 2.25 bits per heavy atom. The van der Waals surface area contributed by atoms with Gasteiger partial charge in [-0.25, -0.2) is 0 Å². The normalized spacial score (nSPS) is 12.6. The molecule has 1 aromatic rings. The number of aliphatic hydroxyl groups excluding tert-OH is 2. The molecular formula is C13H20O3. The van der Waals surface area contributed by atoms with Gasteiger partial charge in [0.2, 0.25) is 0 Å². The molecule has 0 bridgehead atoms. The van der Waals surface area contributed by atoms with Gasteiger partial charge in [-0.1, -0.05) is 0 Å². The predicted molar refractivity (Wildman–Crippen MR) is 63.9 cm³/mol. The third-order valence-electron chi connectivity index (χ3n) is 2.84. The summed E-state index contributed by atoms with van der Waals surface area (Å²) < 4.78 is 5.19. The van der Waals surface area contributed by atoms with Gasteiger partial charge >= 0.3 is 0 Å². The summed E-state index contributed by atoms with van der Waals surface area (Å²) in [5.41, 5.74) is 3.57. The first-order chi connectivity index (χ1) is 7.58. The van der Waals surface area contributed by atoms with Gasteiger partial charge in [-0.2, -0.15) is 0 Å². The van der Waals surface area contributed by atoms with Crippen LogP contribution in [-0.2, 0) is 6.42 Å². The van der Waals surface area contributed by atoms with Crippen LogP contribution in [0.3, 0.4) is 0 Å². The van der Waals surface area contributed by atoms with E-state index in [1.54, 1.807) is 7.11 Å². The highest BCUT2D eigenvalue weighted by atomic mass is 16.5. The average molecular weight is 224 g/mol. The molecule has 1 atom stereocenters. The lowest BCUT2D eigenvalue weighted by Gasteiger charge is -2.13. The first-order valence-electron chi connectivity index (χ1n) is 5.51. The Morgan fingerprint density at radius 2 is 1.81 bits per heavy atom. The van der Waals surface area contributed by atoms with Gasteiger partial charge in [0.1, 0.15) is 5.75 Å². The van der Waals surface area contributed by atoms with Crippen molar-refractivity contribution in [2.45, 2.75) is 32.8 Å². The minimum Gasteiger partial charge on any atom is -0.497 e. The Labute approximate surface area is 96.7 Å². The van der Waals surface area contributed by atoms with Gasteiger partial charge in [0.05, 0.1) is 19.8 Å². The molecule has 0 aliphatic carbocycles. The lowest BCUT2D eigenvalue weighted by Crippen LogP contribution is -2.13. The molecule has 0 saturated heterocycles. The van der Waals surface area contributed by atoms with Crippen LogP contribution in [0.4, 0.5) is 0 Å². The molecule has 3 heteroatoms. The van der Waals surface area contributed by atoms with E-state index in [-0.39, 0.29) is 6.61 Å². The van der Waals surface area contributed by atoms with Gasteiger partial charge in [-0.3, -0.25) is 0 Å². The second-order valence-electron chi connectivity index (χ2n) is 4.11. The standard InChI is InChI=1S/C13H20O3/c1-9-6-12(16-3)7-10(2)13(9)5-4-11(15)8-14/h6-7,11,14-15H,4-5,8H2,1-3H3. The summed E-state index contributed by atoms with van der Waals surface area (Å²) in [6, 6.07) is 3.99. The molecule has 0 fully saturated rings. The second kappa shape index (κ2) is 5.87. The number of hydrogen-bond acceptors (Lipinski definition) is 3. The van der Waals surface area contributed by atoms with Crippen molar-refractivity contribution in [2.24, 2.45) is 0 Å². The summed E-state index contributed by atoms with van der Waals surface area (Å²) in [4.78, 5) is 0. The van der Waals surface area contributed by atoms with Crippen LogP contribution < -0.4 is 4.74 Å². The maximum atomic E-state index is 9.33. The maximum Gasteiger partial charge on any atom is 0.119 e. The molecule has 90 valence electrons. The number of benzene rings is 1. The highest BCUT2D eigenvalue weighted by Crippen LogP contribution is 2.23. The average Bonchev–Trinajstić information content (AvgIpc) is 2.27. The number of aryl methyl sites for hydroxylation is 2. The van der Waals surface area contributed by atoms with Crippen LogP contribution in [0.1, 0.15) is 23.1 Å². The van der Waals surface area contributed by atoms with E-state index in [9.17, 15) is 5.11 Å². The smallest absolute Gasteiger partial charge is 0.119 e. The summed E-state index contributed by atoms with van der Waals surface area (Å²) in [7, 11) is 1.66. The Hall–Kier alpha value is -1.06. The van der Waals surface area contributed by atoms with Crippen molar-refractivity contribution >= 4 is 0 Å². The molecule has 3 nitrogen and oxygen atoms in total. The predicted octanol–water partition coefficient (Wildman–Crippen LogP) is 1.60. The van der Waals surface area contributed by atoms with Crippen LogP contribution in [0.25, 0.3) is 0 Å². The molecule has 1 unspecified atom stereocenters. The van der Waals surface area contributed by atoms with Gasteiger partial charge in [0, 0.05) is 0 Å². The number of ether oxygens (including phenoxy) is 1. The highest BCUT2D eigenvalue weighted by molar-refractivity contribution is 5.41. The van der Waals surface area contributed by atoms with Crippen molar-refractivity contribution in [2.75, 3.05) is 13.7 Å². The second-order valence-corrected chi connectivity index (χ2v) is 4.11. The topological polar surface area (TPSA) is 49.7 Å². The van der Waals surface area contributed by atoms with Gasteiger partial charge in [-0.05, 0) is 55.5 Å². The molecule has 0 amide bonds. The zero-order valence-corrected chi connectivity index (χ0v) is 10.2. The van der Waals surface area contributed by atoms with E-state index in [0.29, 0.717) is 6.42 Å². The van der Waals surface area contributed by atoms with E-state index in [1.807, 2.05) is 26.0 Å². The fourth-order valence-corrected chi connectivity index (χ4v) is 1.87. The zero-order chi connectivity index (χ0) is 12.1. The molecule has 0 aliphatic heterocycles. The Kier molecular flexibility index (Phi) is 4.77. The molecule has 0 aromatic heterocycles. The van der Waals surface area contributed by atoms with Gasteiger partial charge < -0.3 is 14.9 Å². The van der Waals surface area contributed by atoms with Gasteiger partial charge in [0.15, 0.2) is 0 Å². The van der Waals surface area contributed by atoms with Crippen LogP contribution in [0.5, 0.6) is 5.75 Å². The van der Waals surface area contributed by atoms with E-state index >= 15 is 0 Å². The van der Waals surface area contributed by atoms with E-state index in [0.717, 1.165) is 12.2 Å². The fourth-order valence-electron chi connectivity index (χ4n) is 1.87. The molecule has 0 spiro atoms. The molecule has 0 heterocycles. The van der Waals surface area contributed by atoms with Crippen molar-refractivity contribution in [1.82, 2.24) is 0 Å². The fraction of sp³-hybridized carbons (Fsp3) is 0.538. The van der Waals surface area contributed by atoms with Crippen molar-refractivity contribution in [1.29, 1.82) is 0 Å². The van der Waals surface area contributed by atoms with Crippen LogP contribution in [0.2, 0.25) is 0 Å². The number of aliphatic hydroxyl groups is 2. The van der Waals surface area contributed by atoms with Crippen LogP contribution in [-0.4, -0.2) is 30.0 Å². The number of methoxy groups -OCH3 is 1. The minimum absolute atomic E-state index is 0.172. The van der Waals surface area contributed by atoms with E-state index in [4.69, 9.17) is 9.84 Å². The number of rotatable bonds is 5. The van der Waals surface area contributed by atoms with Crippen molar-refractivity contribution in [3.05, 3.63) is 28.8 Å². The van der Waals surface area contributed by atoms with E-state index in [2.05, 4.69) is 0 Å². The summed E-state index contributed by atoms with van der Waals surface area (Å²) in [6.07, 6.45) is 0.745. The zero-order valence-electron chi connectivity index (χ0n) is 10.2.